The normalized spacial score (nSPS) is 13.6. The van der Waals surface area contributed by atoms with E-state index in [1.807, 2.05) is 20.9 Å². The molecule has 2 atom stereocenters. The van der Waals surface area contributed by atoms with E-state index in [2.05, 4.69) is 16.0 Å². The van der Waals surface area contributed by atoms with Gasteiger partial charge in [-0.3, -0.25) is 9.59 Å². The van der Waals surface area contributed by atoms with Crippen molar-refractivity contribution in [1.29, 1.82) is 0 Å². The third kappa shape index (κ3) is 10.7. The molecule has 2 unspecified atom stereocenters. The maximum absolute atomic E-state index is 11.9. The monoisotopic (exact) mass is 313 g/mol. The van der Waals surface area contributed by atoms with Crippen LogP contribution in [-0.4, -0.2) is 44.4 Å². The second-order valence-corrected chi connectivity index (χ2v) is 6.01. The van der Waals surface area contributed by atoms with E-state index in [1.54, 1.807) is 6.92 Å². The average Bonchev–Trinajstić information content (AvgIpc) is 2.49. The summed E-state index contributed by atoms with van der Waals surface area (Å²) in [7, 11) is 1.95. The van der Waals surface area contributed by atoms with Gasteiger partial charge in [0.2, 0.25) is 5.91 Å². The summed E-state index contributed by atoms with van der Waals surface area (Å²) in [5.74, 6) is 0.434. The van der Waals surface area contributed by atoms with E-state index >= 15 is 0 Å². The molecule has 3 N–H and O–H groups in total. The van der Waals surface area contributed by atoms with E-state index in [0.29, 0.717) is 6.54 Å². The van der Waals surface area contributed by atoms with Gasteiger partial charge in [0.1, 0.15) is 5.78 Å². The Kier molecular flexibility index (Phi) is 13.1. The van der Waals surface area contributed by atoms with E-state index in [-0.39, 0.29) is 23.7 Å². The molecule has 0 aromatic carbocycles. The fraction of sp³-hybridized carbons (Fsp3) is 0.882. The molecular weight excluding hydrogens is 278 g/mol. The van der Waals surface area contributed by atoms with E-state index < -0.39 is 0 Å². The van der Waals surface area contributed by atoms with Crippen molar-refractivity contribution in [3.05, 3.63) is 0 Å². The number of amides is 1. The molecule has 0 bridgehead atoms. The Bertz CT molecular complexity index is 308. The largest absolute Gasteiger partial charge is 0.356 e. The highest BCUT2D eigenvalue weighted by Crippen LogP contribution is 2.08. The third-order valence-electron chi connectivity index (χ3n) is 3.92. The third-order valence-corrected chi connectivity index (χ3v) is 3.92. The number of carbonyl (C=O) groups excluding carboxylic acids is 2. The van der Waals surface area contributed by atoms with Crippen LogP contribution in [0.2, 0.25) is 0 Å². The first-order valence-corrected chi connectivity index (χ1v) is 8.69. The number of likely N-dealkylation sites (N-methyl/N-ethyl adjacent to an activating group) is 1. The first-order valence-electron chi connectivity index (χ1n) is 8.69. The summed E-state index contributed by atoms with van der Waals surface area (Å²) in [6.45, 7) is 8.16. The molecule has 0 aromatic rings. The lowest BCUT2D eigenvalue weighted by atomic mass is 10.0. The molecule has 0 heterocycles. The lowest BCUT2D eigenvalue weighted by Gasteiger charge is -2.15. The predicted molar refractivity (Wildman–Crippen MR) is 91.9 cm³/mol. The van der Waals surface area contributed by atoms with Crippen molar-refractivity contribution in [2.24, 2.45) is 5.92 Å². The molecule has 5 nitrogen and oxygen atoms in total. The number of hydrogen-bond donors (Lipinski definition) is 3. The van der Waals surface area contributed by atoms with Crippen LogP contribution in [0.25, 0.3) is 0 Å². The Labute approximate surface area is 136 Å². The number of rotatable bonds is 14. The van der Waals surface area contributed by atoms with Crippen molar-refractivity contribution >= 4 is 11.7 Å². The summed E-state index contributed by atoms with van der Waals surface area (Å²) in [4.78, 5) is 23.3. The zero-order valence-corrected chi connectivity index (χ0v) is 14.8. The first kappa shape index (κ1) is 21.1. The molecule has 5 heteroatoms. The zero-order chi connectivity index (χ0) is 16.8. The van der Waals surface area contributed by atoms with Gasteiger partial charge in [0, 0.05) is 12.5 Å². The van der Waals surface area contributed by atoms with Crippen LogP contribution in [0.4, 0.5) is 0 Å². The maximum Gasteiger partial charge on any atom is 0.222 e. The minimum atomic E-state index is -0.0354. The zero-order valence-electron chi connectivity index (χ0n) is 14.8. The summed E-state index contributed by atoms with van der Waals surface area (Å²) >= 11 is 0. The van der Waals surface area contributed by atoms with Crippen molar-refractivity contribution in [2.45, 2.75) is 65.3 Å². The number of ketones is 1. The van der Waals surface area contributed by atoms with Gasteiger partial charge in [-0.15, -0.1) is 0 Å². The van der Waals surface area contributed by atoms with E-state index in [9.17, 15) is 9.59 Å². The maximum atomic E-state index is 11.9. The average molecular weight is 313 g/mol. The Morgan fingerprint density at radius 3 is 2.23 bits per heavy atom. The van der Waals surface area contributed by atoms with E-state index in [1.165, 1.54) is 0 Å². The summed E-state index contributed by atoms with van der Waals surface area (Å²) in [5.41, 5.74) is 0. The minimum absolute atomic E-state index is 0.0354. The highest BCUT2D eigenvalue weighted by atomic mass is 16.1. The molecule has 0 spiro atoms. The minimum Gasteiger partial charge on any atom is -0.356 e. The molecule has 0 radical (unpaired) electrons. The molecular formula is C17H35N3O2. The predicted octanol–water partition coefficient (Wildman–Crippen LogP) is 1.87. The second-order valence-electron chi connectivity index (χ2n) is 6.01. The Morgan fingerprint density at radius 1 is 1.00 bits per heavy atom. The van der Waals surface area contributed by atoms with Gasteiger partial charge in [-0.1, -0.05) is 20.3 Å². The Balaban J connectivity index is 3.68. The molecule has 0 aliphatic rings. The fourth-order valence-corrected chi connectivity index (χ4v) is 2.44. The van der Waals surface area contributed by atoms with Gasteiger partial charge in [0.05, 0.1) is 6.04 Å². The molecule has 22 heavy (non-hydrogen) atoms. The topological polar surface area (TPSA) is 70.2 Å². The first-order chi connectivity index (χ1) is 10.5. The number of nitrogens with one attached hydrogen (secondary N) is 3. The summed E-state index contributed by atoms with van der Waals surface area (Å²) < 4.78 is 0. The lowest BCUT2D eigenvalue weighted by molar-refractivity contribution is -0.124. The summed E-state index contributed by atoms with van der Waals surface area (Å²) in [5, 5.41) is 9.31. The van der Waals surface area contributed by atoms with Gasteiger partial charge in [-0.2, -0.15) is 0 Å². The van der Waals surface area contributed by atoms with Crippen LogP contribution in [0.15, 0.2) is 0 Å². The van der Waals surface area contributed by atoms with Gasteiger partial charge >= 0.3 is 0 Å². The van der Waals surface area contributed by atoms with Crippen molar-refractivity contribution in [3.8, 4) is 0 Å². The molecule has 0 rings (SSSR count). The van der Waals surface area contributed by atoms with Crippen molar-refractivity contribution in [3.63, 3.8) is 0 Å². The number of Topliss-reactive ketones (excluding diaryl/α,β-unsaturated/α-hetero) is 1. The fourth-order valence-electron chi connectivity index (χ4n) is 2.44. The second kappa shape index (κ2) is 13.7. The van der Waals surface area contributed by atoms with Crippen LogP contribution in [-0.2, 0) is 9.59 Å². The highest BCUT2D eigenvalue weighted by molar-refractivity contribution is 5.81. The molecule has 0 fully saturated rings. The number of carbonyl (C=O) groups is 2. The number of unbranched alkanes of at least 4 members (excludes halogenated alkanes) is 2. The molecule has 1 amide bonds. The van der Waals surface area contributed by atoms with Gasteiger partial charge in [0.15, 0.2) is 0 Å². The smallest absolute Gasteiger partial charge is 0.222 e. The molecule has 0 aliphatic carbocycles. The standard InChI is InChI=1S/C17H35N3O2/c1-5-19-16(15(3)21)11-7-9-13-20-17(22)14(2)10-6-8-12-18-4/h14,16,18-19H,5-13H2,1-4H3,(H,20,22). The van der Waals surface area contributed by atoms with Crippen LogP contribution < -0.4 is 16.0 Å². The Morgan fingerprint density at radius 2 is 1.64 bits per heavy atom. The SMILES string of the molecule is CCNC(CCCCNC(=O)C(C)CCCCNC)C(C)=O. The van der Waals surface area contributed by atoms with Crippen molar-refractivity contribution in [2.75, 3.05) is 26.7 Å². The van der Waals surface area contributed by atoms with Crippen LogP contribution in [0, 0.1) is 5.92 Å². The van der Waals surface area contributed by atoms with Crippen LogP contribution in [0.3, 0.4) is 0 Å². The molecule has 0 saturated heterocycles. The van der Waals surface area contributed by atoms with Crippen LogP contribution >= 0.6 is 0 Å². The molecule has 0 saturated carbocycles. The summed E-state index contributed by atoms with van der Waals surface area (Å²) in [6, 6.07) is -0.0354. The van der Waals surface area contributed by atoms with Gasteiger partial charge in [0.25, 0.3) is 0 Å². The van der Waals surface area contributed by atoms with Gasteiger partial charge < -0.3 is 16.0 Å². The molecule has 0 aliphatic heterocycles. The highest BCUT2D eigenvalue weighted by Gasteiger charge is 2.13. The molecule has 130 valence electrons. The van der Waals surface area contributed by atoms with Crippen molar-refractivity contribution < 1.29 is 9.59 Å². The van der Waals surface area contributed by atoms with E-state index in [4.69, 9.17) is 0 Å². The Hall–Kier alpha value is -0.940. The van der Waals surface area contributed by atoms with Crippen LogP contribution in [0.5, 0.6) is 0 Å². The van der Waals surface area contributed by atoms with Crippen molar-refractivity contribution in [1.82, 2.24) is 16.0 Å². The molecule has 0 aromatic heterocycles. The van der Waals surface area contributed by atoms with Gasteiger partial charge in [-0.25, -0.2) is 0 Å². The number of hydrogen-bond acceptors (Lipinski definition) is 4. The lowest BCUT2D eigenvalue weighted by Crippen LogP contribution is -2.35. The summed E-state index contributed by atoms with van der Waals surface area (Å²) in [6.07, 6.45) is 5.86. The van der Waals surface area contributed by atoms with Crippen LogP contribution in [0.1, 0.15) is 59.3 Å². The van der Waals surface area contributed by atoms with E-state index in [0.717, 1.165) is 51.6 Å². The van der Waals surface area contributed by atoms with Gasteiger partial charge in [-0.05, 0) is 59.2 Å². The quantitative estimate of drug-likeness (QED) is 0.428.